The molecule has 0 spiro atoms. The van der Waals surface area contributed by atoms with Crippen LogP contribution in [0.3, 0.4) is 0 Å². The molecule has 0 atom stereocenters. The number of ether oxygens (including phenoxy) is 1. The summed E-state index contributed by atoms with van der Waals surface area (Å²) in [6, 6.07) is 6.00. The van der Waals surface area contributed by atoms with E-state index in [-0.39, 0.29) is 5.41 Å². The lowest BCUT2D eigenvalue weighted by molar-refractivity contribution is 0.249. The minimum atomic E-state index is 0.260. The zero-order valence-electron chi connectivity index (χ0n) is 11.3. The maximum absolute atomic E-state index is 6.07. The molecule has 0 saturated heterocycles. The van der Waals surface area contributed by atoms with Gasteiger partial charge in [0, 0.05) is 11.8 Å². The Kier molecular flexibility index (Phi) is 4.59. The molecule has 0 bridgehead atoms. The van der Waals surface area contributed by atoms with Crippen molar-refractivity contribution in [1.82, 2.24) is 4.98 Å². The monoisotopic (exact) mass is 248 g/mol. The van der Waals surface area contributed by atoms with Crippen LogP contribution >= 0.6 is 0 Å². The third-order valence-corrected chi connectivity index (χ3v) is 4.14. The van der Waals surface area contributed by atoms with Crippen molar-refractivity contribution in [3.63, 3.8) is 0 Å². The molecule has 2 N–H and O–H groups in total. The molecule has 3 nitrogen and oxygen atoms in total. The minimum Gasteiger partial charge on any atom is -0.481 e. The van der Waals surface area contributed by atoms with Crippen LogP contribution in [0.25, 0.3) is 0 Å². The first-order valence-corrected chi connectivity index (χ1v) is 6.98. The lowest BCUT2D eigenvalue weighted by atomic mass is 9.76. The number of nitrogens with zero attached hydrogens (tertiary/aromatic N) is 1. The van der Waals surface area contributed by atoms with Crippen molar-refractivity contribution in [2.24, 2.45) is 11.1 Å². The van der Waals surface area contributed by atoms with E-state index in [1.165, 1.54) is 38.5 Å². The number of aromatic nitrogens is 1. The molecule has 1 aliphatic carbocycles. The molecule has 1 saturated carbocycles. The quantitative estimate of drug-likeness (QED) is 0.833. The van der Waals surface area contributed by atoms with Crippen molar-refractivity contribution in [3.8, 4) is 5.88 Å². The third-order valence-electron chi connectivity index (χ3n) is 4.14. The summed E-state index contributed by atoms with van der Waals surface area (Å²) >= 11 is 0. The second kappa shape index (κ2) is 6.19. The number of methoxy groups -OCH3 is 1. The number of pyridine rings is 1. The van der Waals surface area contributed by atoms with Crippen LogP contribution in [0.5, 0.6) is 5.88 Å². The smallest absolute Gasteiger partial charge is 0.213 e. The van der Waals surface area contributed by atoms with E-state index < -0.39 is 0 Å². The number of hydrogen-bond acceptors (Lipinski definition) is 3. The molecule has 1 fully saturated rings. The molecule has 0 amide bonds. The first kappa shape index (κ1) is 13.3. The van der Waals surface area contributed by atoms with E-state index in [4.69, 9.17) is 10.5 Å². The highest BCUT2D eigenvalue weighted by atomic mass is 16.5. The molecule has 3 heteroatoms. The zero-order chi connectivity index (χ0) is 12.8. The molecule has 18 heavy (non-hydrogen) atoms. The van der Waals surface area contributed by atoms with E-state index in [2.05, 4.69) is 11.1 Å². The Balaban J connectivity index is 2.12. The number of nitrogens with two attached hydrogens (primary N) is 1. The van der Waals surface area contributed by atoms with Gasteiger partial charge >= 0.3 is 0 Å². The van der Waals surface area contributed by atoms with Gasteiger partial charge in [-0.3, -0.25) is 0 Å². The molecule has 0 unspecified atom stereocenters. The van der Waals surface area contributed by atoms with Crippen LogP contribution in [0.4, 0.5) is 0 Å². The summed E-state index contributed by atoms with van der Waals surface area (Å²) in [6.45, 7) is 0.770. The second-order valence-electron chi connectivity index (χ2n) is 5.47. The van der Waals surface area contributed by atoms with Gasteiger partial charge in [-0.15, -0.1) is 0 Å². The van der Waals surface area contributed by atoms with Crippen LogP contribution in [0.15, 0.2) is 18.2 Å². The van der Waals surface area contributed by atoms with Gasteiger partial charge in [0.25, 0.3) is 0 Å². The van der Waals surface area contributed by atoms with Crippen molar-refractivity contribution < 1.29 is 4.74 Å². The minimum absolute atomic E-state index is 0.260. The molecule has 1 aromatic heterocycles. The predicted molar refractivity (Wildman–Crippen MR) is 73.7 cm³/mol. The highest BCUT2D eigenvalue weighted by Gasteiger charge is 2.30. The Hall–Kier alpha value is -1.09. The third kappa shape index (κ3) is 3.22. The van der Waals surface area contributed by atoms with Gasteiger partial charge in [0.15, 0.2) is 0 Å². The van der Waals surface area contributed by atoms with Crippen LogP contribution in [-0.2, 0) is 6.42 Å². The van der Waals surface area contributed by atoms with Gasteiger partial charge in [0.1, 0.15) is 0 Å². The van der Waals surface area contributed by atoms with E-state index in [0.717, 1.165) is 18.7 Å². The van der Waals surface area contributed by atoms with Crippen LogP contribution in [-0.4, -0.2) is 18.6 Å². The van der Waals surface area contributed by atoms with Gasteiger partial charge in [-0.2, -0.15) is 0 Å². The normalized spacial score (nSPS) is 19.2. The molecule has 1 aliphatic rings. The van der Waals surface area contributed by atoms with Crippen molar-refractivity contribution in [3.05, 3.63) is 23.9 Å². The fourth-order valence-electron chi connectivity index (χ4n) is 2.99. The van der Waals surface area contributed by atoms with Gasteiger partial charge in [-0.1, -0.05) is 31.7 Å². The van der Waals surface area contributed by atoms with Crippen molar-refractivity contribution in [2.75, 3.05) is 13.7 Å². The van der Waals surface area contributed by atoms with Gasteiger partial charge in [0.05, 0.1) is 7.11 Å². The van der Waals surface area contributed by atoms with Crippen molar-refractivity contribution in [2.45, 2.75) is 44.9 Å². The highest BCUT2D eigenvalue weighted by molar-refractivity contribution is 5.17. The Morgan fingerprint density at radius 3 is 2.56 bits per heavy atom. The lowest BCUT2D eigenvalue weighted by Gasteiger charge is -2.31. The summed E-state index contributed by atoms with van der Waals surface area (Å²) in [7, 11) is 1.66. The maximum Gasteiger partial charge on any atom is 0.213 e. The van der Waals surface area contributed by atoms with Crippen LogP contribution < -0.4 is 10.5 Å². The highest BCUT2D eigenvalue weighted by Crippen LogP contribution is 2.37. The molecular weight excluding hydrogens is 224 g/mol. The van der Waals surface area contributed by atoms with E-state index in [9.17, 15) is 0 Å². The fraction of sp³-hybridized carbons (Fsp3) is 0.667. The van der Waals surface area contributed by atoms with Crippen LogP contribution in [0.1, 0.15) is 44.2 Å². The van der Waals surface area contributed by atoms with E-state index in [1.807, 2.05) is 12.1 Å². The zero-order valence-corrected chi connectivity index (χ0v) is 11.3. The number of rotatable bonds is 4. The van der Waals surface area contributed by atoms with Crippen LogP contribution in [0.2, 0.25) is 0 Å². The Labute approximate surface area is 110 Å². The molecule has 0 radical (unpaired) electrons. The molecule has 0 aromatic carbocycles. The summed E-state index contributed by atoms with van der Waals surface area (Å²) in [5, 5.41) is 0. The predicted octanol–water partition coefficient (Wildman–Crippen LogP) is 2.93. The van der Waals surface area contributed by atoms with Gasteiger partial charge in [-0.25, -0.2) is 4.98 Å². The molecule has 100 valence electrons. The lowest BCUT2D eigenvalue weighted by Crippen LogP contribution is -2.32. The summed E-state index contributed by atoms with van der Waals surface area (Å²) in [5.74, 6) is 0.702. The average Bonchev–Trinajstić information content (AvgIpc) is 2.65. The van der Waals surface area contributed by atoms with Crippen LogP contribution in [0, 0.1) is 5.41 Å². The standard InChI is InChI=1S/C15H24N2O/c1-18-14-8-6-7-13(17-14)11-15(12-16)9-4-2-3-5-10-15/h6-8H,2-5,9-12,16H2,1H3. The molecule has 0 aliphatic heterocycles. The summed E-state index contributed by atoms with van der Waals surface area (Å²) in [6.07, 6.45) is 8.79. The SMILES string of the molecule is COc1cccc(CC2(CN)CCCCCC2)n1. The number of hydrogen-bond donors (Lipinski definition) is 1. The van der Waals surface area contributed by atoms with E-state index >= 15 is 0 Å². The van der Waals surface area contributed by atoms with Gasteiger partial charge in [0.2, 0.25) is 5.88 Å². The average molecular weight is 248 g/mol. The van der Waals surface area contributed by atoms with Gasteiger partial charge in [-0.05, 0) is 37.3 Å². The van der Waals surface area contributed by atoms with Crippen molar-refractivity contribution >= 4 is 0 Å². The molecule has 2 rings (SSSR count). The molecule has 1 heterocycles. The summed E-state index contributed by atoms with van der Waals surface area (Å²) in [5.41, 5.74) is 7.44. The first-order valence-electron chi connectivity index (χ1n) is 6.98. The Bertz CT molecular complexity index is 371. The maximum atomic E-state index is 6.07. The molecule has 1 aromatic rings. The Morgan fingerprint density at radius 1 is 1.22 bits per heavy atom. The van der Waals surface area contributed by atoms with Gasteiger partial charge < -0.3 is 10.5 Å². The topological polar surface area (TPSA) is 48.1 Å². The summed E-state index contributed by atoms with van der Waals surface area (Å²) in [4.78, 5) is 4.53. The summed E-state index contributed by atoms with van der Waals surface area (Å²) < 4.78 is 5.19. The molecular formula is C15H24N2O. The fourth-order valence-corrected chi connectivity index (χ4v) is 2.99. The van der Waals surface area contributed by atoms with E-state index in [0.29, 0.717) is 5.88 Å². The van der Waals surface area contributed by atoms with Crippen molar-refractivity contribution in [1.29, 1.82) is 0 Å². The first-order chi connectivity index (χ1) is 8.78. The second-order valence-corrected chi connectivity index (χ2v) is 5.47. The Morgan fingerprint density at radius 2 is 1.94 bits per heavy atom. The largest absolute Gasteiger partial charge is 0.481 e. The van der Waals surface area contributed by atoms with E-state index in [1.54, 1.807) is 7.11 Å².